The van der Waals surface area contributed by atoms with E-state index in [1.807, 2.05) is 6.26 Å². The van der Waals surface area contributed by atoms with Gasteiger partial charge in [-0.3, -0.25) is 14.9 Å². The second-order valence-electron chi connectivity index (χ2n) is 2.92. The molecule has 0 saturated heterocycles. The maximum Gasteiger partial charge on any atom is 0.270 e. The summed E-state index contributed by atoms with van der Waals surface area (Å²) in [5, 5.41) is 10.6. The van der Waals surface area contributed by atoms with E-state index in [-0.39, 0.29) is 11.5 Å². The molecule has 0 N–H and O–H groups in total. The lowest BCUT2D eigenvalue weighted by molar-refractivity contribution is -0.384. The number of benzene rings is 1. The van der Waals surface area contributed by atoms with E-state index in [9.17, 15) is 14.9 Å². The van der Waals surface area contributed by atoms with Crippen molar-refractivity contribution in [1.82, 2.24) is 0 Å². The quantitative estimate of drug-likeness (QED) is 0.342. The number of thioether (sulfide) groups is 1. The van der Waals surface area contributed by atoms with Crippen LogP contribution in [0.4, 0.5) is 5.69 Å². The van der Waals surface area contributed by atoms with Gasteiger partial charge in [-0.15, -0.1) is 11.8 Å². The van der Waals surface area contributed by atoms with Crippen LogP contribution in [0.1, 0.15) is 23.7 Å². The van der Waals surface area contributed by atoms with Gasteiger partial charge in [-0.1, -0.05) is 6.92 Å². The molecular weight excluding hydrogens is 214 g/mol. The number of hydrogen-bond donors (Lipinski definition) is 0. The summed E-state index contributed by atoms with van der Waals surface area (Å²) in [6, 6.07) is 4.38. The van der Waals surface area contributed by atoms with Crippen molar-refractivity contribution < 1.29 is 9.72 Å². The molecule has 0 bridgehead atoms. The minimum Gasteiger partial charge on any atom is -0.294 e. The van der Waals surface area contributed by atoms with Crippen molar-refractivity contribution in [1.29, 1.82) is 0 Å². The van der Waals surface area contributed by atoms with E-state index in [4.69, 9.17) is 0 Å². The Kier molecular flexibility index (Phi) is 3.85. The first kappa shape index (κ1) is 11.7. The fourth-order valence-corrected chi connectivity index (χ4v) is 1.81. The zero-order chi connectivity index (χ0) is 11.4. The number of Topliss-reactive ketones (excluding diaryl/α,β-unsaturated/α-hetero) is 1. The van der Waals surface area contributed by atoms with E-state index in [0.717, 1.165) is 4.90 Å². The molecule has 5 heteroatoms. The third-order valence-electron chi connectivity index (χ3n) is 2.02. The average Bonchev–Trinajstić information content (AvgIpc) is 2.27. The fraction of sp³-hybridized carbons (Fsp3) is 0.300. The van der Waals surface area contributed by atoms with Crippen LogP contribution in [0.5, 0.6) is 0 Å². The summed E-state index contributed by atoms with van der Waals surface area (Å²) < 4.78 is 0. The van der Waals surface area contributed by atoms with Crippen LogP contribution in [0, 0.1) is 10.1 Å². The van der Waals surface area contributed by atoms with E-state index in [1.54, 1.807) is 13.0 Å². The minimum atomic E-state index is -0.490. The van der Waals surface area contributed by atoms with Gasteiger partial charge in [-0.2, -0.15) is 0 Å². The molecule has 0 amide bonds. The number of rotatable bonds is 4. The van der Waals surface area contributed by atoms with E-state index in [1.165, 1.54) is 23.9 Å². The van der Waals surface area contributed by atoms with Crippen LogP contribution in [0.15, 0.2) is 23.1 Å². The maximum absolute atomic E-state index is 11.5. The molecule has 0 aromatic heterocycles. The summed E-state index contributed by atoms with van der Waals surface area (Å²) in [7, 11) is 0. The van der Waals surface area contributed by atoms with Gasteiger partial charge in [-0.05, 0) is 12.3 Å². The third-order valence-corrected chi connectivity index (χ3v) is 2.81. The normalized spacial score (nSPS) is 10.0. The molecule has 0 aliphatic rings. The first-order valence-corrected chi connectivity index (χ1v) is 5.68. The van der Waals surface area contributed by atoms with Gasteiger partial charge in [-0.25, -0.2) is 0 Å². The predicted molar refractivity (Wildman–Crippen MR) is 59.5 cm³/mol. The van der Waals surface area contributed by atoms with E-state index >= 15 is 0 Å². The van der Waals surface area contributed by atoms with Crippen molar-refractivity contribution in [3.05, 3.63) is 33.9 Å². The number of carbonyl (C=O) groups excluding carboxylic acids is 1. The van der Waals surface area contributed by atoms with Gasteiger partial charge in [0.05, 0.1) is 4.92 Å². The Hall–Kier alpha value is -1.36. The molecule has 15 heavy (non-hydrogen) atoms. The fourth-order valence-electron chi connectivity index (χ4n) is 1.22. The highest BCUT2D eigenvalue weighted by atomic mass is 32.2. The topological polar surface area (TPSA) is 60.2 Å². The second kappa shape index (κ2) is 4.93. The van der Waals surface area contributed by atoms with Crippen LogP contribution in [0.3, 0.4) is 0 Å². The second-order valence-corrected chi connectivity index (χ2v) is 3.77. The molecule has 0 spiro atoms. The summed E-state index contributed by atoms with van der Waals surface area (Å²) in [6.45, 7) is 1.74. The first-order chi connectivity index (χ1) is 7.10. The first-order valence-electron chi connectivity index (χ1n) is 4.45. The Morgan fingerprint density at radius 3 is 2.67 bits per heavy atom. The number of non-ortho nitro benzene ring substituents is 1. The summed E-state index contributed by atoms with van der Waals surface area (Å²) >= 11 is 1.42. The van der Waals surface area contributed by atoms with Gasteiger partial charge >= 0.3 is 0 Å². The molecule has 4 nitrogen and oxygen atoms in total. The standard InChI is InChI=1S/C10H11NO3S/c1-3-9(12)8-6-7(11(13)14)4-5-10(8)15-2/h4-6H,3H2,1-2H3. The number of carbonyl (C=O) groups is 1. The predicted octanol–water partition coefficient (Wildman–Crippen LogP) is 2.91. The van der Waals surface area contributed by atoms with Gasteiger partial charge < -0.3 is 0 Å². The molecular formula is C10H11NO3S. The lowest BCUT2D eigenvalue weighted by atomic mass is 10.1. The van der Waals surface area contributed by atoms with E-state index < -0.39 is 4.92 Å². The SMILES string of the molecule is CCC(=O)c1cc([N+](=O)[O-])ccc1SC. The number of ketones is 1. The molecule has 0 unspecified atom stereocenters. The molecule has 0 fully saturated rings. The number of nitro benzene ring substituents is 1. The molecule has 0 radical (unpaired) electrons. The van der Waals surface area contributed by atoms with Crippen LogP contribution in [-0.4, -0.2) is 17.0 Å². The molecule has 0 aliphatic heterocycles. The average molecular weight is 225 g/mol. The Morgan fingerprint density at radius 2 is 2.20 bits per heavy atom. The van der Waals surface area contributed by atoms with Crippen LogP contribution in [0.25, 0.3) is 0 Å². The Labute approximate surface area is 91.8 Å². The Balaban J connectivity index is 3.25. The third kappa shape index (κ3) is 2.56. The molecule has 0 aliphatic carbocycles. The van der Waals surface area contributed by atoms with E-state index in [2.05, 4.69) is 0 Å². The molecule has 1 aromatic rings. The van der Waals surface area contributed by atoms with Gasteiger partial charge in [0.25, 0.3) is 5.69 Å². The lowest BCUT2D eigenvalue weighted by Crippen LogP contribution is -2.00. The highest BCUT2D eigenvalue weighted by molar-refractivity contribution is 7.98. The Morgan fingerprint density at radius 1 is 1.53 bits per heavy atom. The van der Waals surface area contributed by atoms with Crippen molar-refractivity contribution in [3.63, 3.8) is 0 Å². The molecule has 1 rings (SSSR count). The van der Waals surface area contributed by atoms with Crippen LogP contribution in [-0.2, 0) is 0 Å². The summed E-state index contributed by atoms with van der Waals surface area (Å²) in [5.41, 5.74) is 0.406. The van der Waals surface area contributed by atoms with Gasteiger partial charge in [0.2, 0.25) is 0 Å². The van der Waals surface area contributed by atoms with Crippen molar-refractivity contribution in [2.75, 3.05) is 6.26 Å². The largest absolute Gasteiger partial charge is 0.294 e. The Bertz CT molecular complexity index is 404. The lowest BCUT2D eigenvalue weighted by Gasteiger charge is -2.04. The van der Waals surface area contributed by atoms with Gasteiger partial charge in [0, 0.05) is 29.0 Å². The summed E-state index contributed by atoms with van der Waals surface area (Å²) in [6.07, 6.45) is 2.20. The molecule has 1 aromatic carbocycles. The molecule has 0 saturated carbocycles. The van der Waals surface area contributed by atoms with Crippen molar-refractivity contribution in [3.8, 4) is 0 Å². The number of nitro groups is 1. The van der Waals surface area contributed by atoms with Gasteiger partial charge in [0.15, 0.2) is 5.78 Å². The summed E-state index contributed by atoms with van der Waals surface area (Å²) in [4.78, 5) is 22.4. The molecule has 0 atom stereocenters. The zero-order valence-electron chi connectivity index (χ0n) is 8.52. The van der Waals surface area contributed by atoms with E-state index in [0.29, 0.717) is 12.0 Å². The van der Waals surface area contributed by atoms with Crippen molar-refractivity contribution in [2.45, 2.75) is 18.2 Å². The van der Waals surface area contributed by atoms with Crippen molar-refractivity contribution in [2.24, 2.45) is 0 Å². The monoisotopic (exact) mass is 225 g/mol. The zero-order valence-corrected chi connectivity index (χ0v) is 9.34. The van der Waals surface area contributed by atoms with Crippen LogP contribution in [0.2, 0.25) is 0 Å². The summed E-state index contributed by atoms with van der Waals surface area (Å²) in [5.74, 6) is -0.0666. The van der Waals surface area contributed by atoms with Crippen LogP contribution < -0.4 is 0 Å². The minimum absolute atomic E-state index is 0.0374. The van der Waals surface area contributed by atoms with Crippen LogP contribution >= 0.6 is 11.8 Å². The highest BCUT2D eigenvalue weighted by Gasteiger charge is 2.14. The molecule has 0 heterocycles. The maximum atomic E-state index is 11.5. The van der Waals surface area contributed by atoms with Gasteiger partial charge in [0.1, 0.15) is 0 Å². The number of nitrogens with zero attached hydrogens (tertiary/aromatic N) is 1. The highest BCUT2D eigenvalue weighted by Crippen LogP contribution is 2.25. The smallest absolute Gasteiger partial charge is 0.270 e. The number of hydrogen-bond acceptors (Lipinski definition) is 4. The molecule has 80 valence electrons. The van der Waals surface area contributed by atoms with Crippen molar-refractivity contribution >= 4 is 23.2 Å².